The number of hydrogen-bond acceptors (Lipinski definition) is 7. The lowest BCUT2D eigenvalue weighted by atomic mass is 10.1. The van der Waals surface area contributed by atoms with Crippen molar-refractivity contribution < 1.29 is 23.0 Å². The van der Waals surface area contributed by atoms with Gasteiger partial charge in [-0.2, -0.15) is 18.2 Å². The van der Waals surface area contributed by atoms with Crippen molar-refractivity contribution in [2.45, 2.75) is 44.3 Å². The van der Waals surface area contributed by atoms with E-state index in [0.717, 1.165) is 4.90 Å². The predicted molar refractivity (Wildman–Crippen MR) is 107 cm³/mol. The van der Waals surface area contributed by atoms with Gasteiger partial charge in [-0.1, -0.05) is 6.07 Å². The molecule has 0 aromatic carbocycles. The number of aromatic nitrogens is 3. The van der Waals surface area contributed by atoms with Gasteiger partial charge in [0.25, 0.3) is 5.56 Å². The molecule has 31 heavy (non-hydrogen) atoms. The number of halogens is 3. The van der Waals surface area contributed by atoms with Crippen LogP contribution in [0.15, 0.2) is 35.3 Å². The average molecular weight is 439 g/mol. The average Bonchev–Trinajstić information content (AvgIpc) is 2.74. The Morgan fingerprint density at radius 3 is 2.81 bits per heavy atom. The molecule has 2 aliphatic rings. The standard InChI is InChI=1S/C20H24F3N5O3/c1-13-12-31-9-8-26(13)17-10-18(30)27-7-5-16(20(21,22)23)28(19(27)25-17)11-15(29)14-4-2-3-6-24-14/h2-4,6,10,13,15-16,29H,5,7-9,11-12H2,1H3/t13-,15?,16+/m1/s1. The molecule has 2 aliphatic heterocycles. The molecule has 11 heteroatoms. The third kappa shape index (κ3) is 4.38. The van der Waals surface area contributed by atoms with Crippen LogP contribution in [0.2, 0.25) is 0 Å². The number of pyridine rings is 1. The largest absolute Gasteiger partial charge is 0.408 e. The number of morpholine rings is 1. The van der Waals surface area contributed by atoms with Gasteiger partial charge in [-0.25, -0.2) is 0 Å². The summed E-state index contributed by atoms with van der Waals surface area (Å²) in [6.07, 6.45) is -4.67. The molecule has 4 heterocycles. The highest BCUT2D eigenvalue weighted by atomic mass is 19.4. The van der Waals surface area contributed by atoms with Crippen molar-refractivity contribution >= 4 is 11.8 Å². The first-order valence-corrected chi connectivity index (χ1v) is 10.1. The van der Waals surface area contributed by atoms with E-state index in [-0.39, 0.29) is 30.6 Å². The van der Waals surface area contributed by atoms with E-state index >= 15 is 0 Å². The van der Waals surface area contributed by atoms with Gasteiger partial charge in [0.2, 0.25) is 5.95 Å². The van der Waals surface area contributed by atoms with Crippen LogP contribution >= 0.6 is 0 Å². The minimum atomic E-state index is -4.55. The molecule has 0 radical (unpaired) electrons. The Hall–Kier alpha value is -2.66. The van der Waals surface area contributed by atoms with Crippen molar-refractivity contribution in [3.05, 3.63) is 46.5 Å². The molecule has 1 saturated heterocycles. The summed E-state index contributed by atoms with van der Waals surface area (Å²) in [6.45, 7) is 2.77. The van der Waals surface area contributed by atoms with Gasteiger partial charge < -0.3 is 19.6 Å². The van der Waals surface area contributed by atoms with Crippen molar-refractivity contribution in [1.29, 1.82) is 0 Å². The molecule has 168 valence electrons. The minimum absolute atomic E-state index is 0.0711. The molecular formula is C20H24F3N5O3. The Morgan fingerprint density at radius 2 is 2.13 bits per heavy atom. The number of nitrogens with zero attached hydrogens (tertiary/aromatic N) is 5. The van der Waals surface area contributed by atoms with Gasteiger partial charge in [0.05, 0.1) is 31.5 Å². The lowest BCUT2D eigenvalue weighted by Crippen LogP contribution is -2.54. The second-order valence-corrected chi connectivity index (χ2v) is 7.79. The Morgan fingerprint density at radius 1 is 1.32 bits per heavy atom. The topological polar surface area (TPSA) is 83.7 Å². The van der Waals surface area contributed by atoms with Gasteiger partial charge in [-0.05, 0) is 25.5 Å². The van der Waals surface area contributed by atoms with E-state index < -0.39 is 30.4 Å². The molecule has 0 amide bonds. The van der Waals surface area contributed by atoms with Gasteiger partial charge in [0.15, 0.2) is 0 Å². The van der Waals surface area contributed by atoms with Crippen molar-refractivity contribution in [3.63, 3.8) is 0 Å². The van der Waals surface area contributed by atoms with Crippen LogP contribution in [0.1, 0.15) is 25.1 Å². The summed E-state index contributed by atoms with van der Waals surface area (Å²) in [5.41, 5.74) is -0.169. The summed E-state index contributed by atoms with van der Waals surface area (Å²) in [6, 6.07) is 4.27. The van der Waals surface area contributed by atoms with Crippen LogP contribution in [-0.2, 0) is 11.3 Å². The van der Waals surface area contributed by atoms with Gasteiger partial charge in [-0.3, -0.25) is 14.3 Å². The van der Waals surface area contributed by atoms with Crippen LogP contribution in [0.25, 0.3) is 0 Å². The maximum absolute atomic E-state index is 13.9. The van der Waals surface area contributed by atoms with E-state index in [4.69, 9.17) is 4.74 Å². The lowest BCUT2D eigenvalue weighted by molar-refractivity contribution is -0.153. The van der Waals surface area contributed by atoms with Crippen molar-refractivity contribution in [2.75, 3.05) is 36.1 Å². The van der Waals surface area contributed by atoms with E-state index in [1.807, 2.05) is 11.8 Å². The summed E-state index contributed by atoms with van der Waals surface area (Å²) in [4.78, 5) is 24.1. The zero-order chi connectivity index (χ0) is 22.2. The maximum Gasteiger partial charge on any atom is 0.408 e. The summed E-state index contributed by atoms with van der Waals surface area (Å²) in [7, 11) is 0. The number of aliphatic hydroxyl groups is 1. The highest BCUT2D eigenvalue weighted by Gasteiger charge is 2.47. The third-order valence-electron chi connectivity index (χ3n) is 5.67. The Balaban J connectivity index is 1.75. The fourth-order valence-electron chi connectivity index (χ4n) is 4.07. The summed E-state index contributed by atoms with van der Waals surface area (Å²) in [5, 5.41) is 10.6. The molecular weight excluding hydrogens is 415 g/mol. The molecule has 2 aromatic heterocycles. The van der Waals surface area contributed by atoms with Crippen LogP contribution in [0.3, 0.4) is 0 Å². The van der Waals surface area contributed by atoms with Crippen molar-refractivity contribution in [1.82, 2.24) is 14.5 Å². The van der Waals surface area contributed by atoms with Crippen molar-refractivity contribution in [2.24, 2.45) is 0 Å². The SMILES string of the molecule is C[C@@H]1COCCN1c1cc(=O)n2c(n1)N(CC(O)c1ccccn1)[C@H](C(F)(F)F)CC2. The van der Waals surface area contributed by atoms with Gasteiger partial charge in [0, 0.05) is 25.4 Å². The number of anilines is 2. The molecule has 0 saturated carbocycles. The lowest BCUT2D eigenvalue weighted by Gasteiger charge is -2.41. The van der Waals surface area contributed by atoms with Crippen LogP contribution in [-0.4, -0.2) is 64.2 Å². The molecule has 1 unspecified atom stereocenters. The number of aliphatic hydroxyl groups excluding tert-OH is 1. The van der Waals surface area contributed by atoms with Gasteiger partial charge in [-0.15, -0.1) is 0 Å². The summed E-state index contributed by atoms with van der Waals surface area (Å²) >= 11 is 0. The smallest absolute Gasteiger partial charge is 0.385 e. The number of rotatable bonds is 4. The zero-order valence-corrected chi connectivity index (χ0v) is 17.0. The first kappa shape index (κ1) is 21.6. The van der Waals surface area contributed by atoms with Crippen molar-refractivity contribution in [3.8, 4) is 0 Å². The summed E-state index contributed by atoms with van der Waals surface area (Å²) in [5.74, 6) is 0.219. The molecule has 1 fully saturated rings. The first-order valence-electron chi connectivity index (χ1n) is 10.1. The fraction of sp³-hybridized carbons (Fsp3) is 0.550. The third-order valence-corrected chi connectivity index (χ3v) is 5.67. The van der Waals surface area contributed by atoms with E-state index in [1.165, 1.54) is 16.8 Å². The second-order valence-electron chi connectivity index (χ2n) is 7.79. The van der Waals surface area contributed by atoms with Gasteiger partial charge in [0.1, 0.15) is 18.0 Å². The molecule has 3 atom stereocenters. The van der Waals surface area contributed by atoms with E-state index in [0.29, 0.717) is 25.6 Å². The Bertz CT molecular complexity index is 969. The predicted octanol–water partition coefficient (Wildman–Crippen LogP) is 1.74. The quantitative estimate of drug-likeness (QED) is 0.777. The molecule has 4 rings (SSSR count). The number of alkyl halides is 3. The van der Waals surface area contributed by atoms with Crippen LogP contribution < -0.4 is 15.4 Å². The Labute approximate surface area is 176 Å². The van der Waals surface area contributed by atoms with Gasteiger partial charge >= 0.3 is 6.18 Å². The van der Waals surface area contributed by atoms with Crippen LogP contribution in [0, 0.1) is 0 Å². The summed E-state index contributed by atoms with van der Waals surface area (Å²) < 4.78 is 48.3. The molecule has 0 bridgehead atoms. The molecule has 8 nitrogen and oxygen atoms in total. The normalized spacial score (nSPS) is 22.9. The molecule has 0 spiro atoms. The number of hydrogen-bond donors (Lipinski definition) is 1. The first-order chi connectivity index (χ1) is 14.8. The molecule has 0 aliphatic carbocycles. The number of fused-ring (bicyclic) bond motifs is 1. The monoisotopic (exact) mass is 439 g/mol. The van der Waals surface area contributed by atoms with Crippen LogP contribution in [0.5, 0.6) is 0 Å². The highest BCUT2D eigenvalue weighted by Crippen LogP contribution is 2.35. The second kappa shape index (κ2) is 8.46. The maximum atomic E-state index is 13.9. The molecule has 2 aromatic rings. The van der Waals surface area contributed by atoms with Crippen LogP contribution in [0.4, 0.5) is 24.9 Å². The van der Waals surface area contributed by atoms with E-state index in [1.54, 1.807) is 18.2 Å². The molecule has 1 N–H and O–H groups in total. The number of ether oxygens (including phenoxy) is 1. The number of β-amino-alcohol motifs (C(OH)–C–C–N with tert-alkyl or cyclic N) is 1. The Kier molecular flexibility index (Phi) is 5.89. The fourth-order valence-corrected chi connectivity index (χ4v) is 4.07. The highest BCUT2D eigenvalue weighted by molar-refractivity contribution is 5.47. The van der Waals surface area contributed by atoms with E-state index in [2.05, 4.69) is 9.97 Å². The van der Waals surface area contributed by atoms with E-state index in [9.17, 15) is 23.1 Å². The zero-order valence-electron chi connectivity index (χ0n) is 17.0. The minimum Gasteiger partial charge on any atom is -0.385 e.